The third-order valence-electron chi connectivity index (χ3n) is 9.31. The monoisotopic (exact) mass is 741 g/mol. The van der Waals surface area contributed by atoms with E-state index in [-0.39, 0.29) is 18.0 Å². The van der Waals surface area contributed by atoms with Crippen LogP contribution in [0.25, 0.3) is 44.7 Å². The minimum absolute atomic E-state index is 0.0424. The van der Waals surface area contributed by atoms with Crippen molar-refractivity contribution < 1.29 is 23.9 Å². The smallest absolute Gasteiger partial charge is 0.410 e. The Bertz CT molecular complexity index is 2170. The molecule has 2 aromatic carbocycles. The number of nitrogens with zero attached hydrogens (tertiary/aromatic N) is 5. The van der Waals surface area contributed by atoms with Crippen molar-refractivity contribution in [3.8, 4) is 39.4 Å². The highest BCUT2D eigenvalue weighted by atomic mass is 35.5. The minimum atomic E-state index is -0.656. The lowest BCUT2D eigenvalue weighted by Gasteiger charge is -2.38. The number of halogens is 2. The number of aromatic nitrogens is 3. The Morgan fingerprint density at radius 3 is 2.38 bits per heavy atom. The number of likely N-dealkylation sites (tertiary alicyclic amines) is 1. The van der Waals surface area contributed by atoms with Crippen LogP contribution in [0, 0.1) is 0 Å². The fraction of sp³-hybridized carbons (Fsp3) is 0.325. The molecule has 2 amide bonds. The first-order valence-corrected chi connectivity index (χ1v) is 17.8. The molecule has 0 radical (unpaired) electrons. The number of fused-ring (bicyclic) bond motifs is 1. The van der Waals surface area contributed by atoms with Gasteiger partial charge >= 0.3 is 6.09 Å². The Labute approximate surface area is 313 Å². The molecular formula is C40H41Cl2N5O5. The second-order valence-corrected chi connectivity index (χ2v) is 14.7. The number of ether oxygens (including phenoxy) is 2. The second kappa shape index (κ2) is 15.0. The summed E-state index contributed by atoms with van der Waals surface area (Å²) in [7, 11) is 3.43. The third-order valence-corrected chi connectivity index (χ3v) is 10.1. The summed E-state index contributed by atoms with van der Waals surface area (Å²) in [4.78, 5) is 50.2. The number of aryl methyl sites for hydroxylation is 1. The summed E-state index contributed by atoms with van der Waals surface area (Å²) in [6.07, 6.45) is 5.37. The van der Waals surface area contributed by atoms with Crippen molar-refractivity contribution in [2.24, 2.45) is 7.05 Å². The highest BCUT2D eigenvalue weighted by Gasteiger charge is 2.32. The third kappa shape index (κ3) is 7.49. The summed E-state index contributed by atoms with van der Waals surface area (Å²) < 4.78 is 13.2. The number of methoxy groups -OCH3 is 1. The highest BCUT2D eigenvalue weighted by Crippen LogP contribution is 2.42. The lowest BCUT2D eigenvalue weighted by Crippen LogP contribution is -2.49. The molecule has 0 unspecified atom stereocenters. The Morgan fingerprint density at radius 1 is 1.00 bits per heavy atom. The van der Waals surface area contributed by atoms with Crippen molar-refractivity contribution in [3.63, 3.8) is 0 Å². The summed E-state index contributed by atoms with van der Waals surface area (Å²) in [5.74, 6) is 0.467. The predicted molar refractivity (Wildman–Crippen MR) is 204 cm³/mol. The summed E-state index contributed by atoms with van der Waals surface area (Å²) in [5, 5.41) is 1.79. The van der Waals surface area contributed by atoms with Crippen LogP contribution in [-0.2, 0) is 23.1 Å². The van der Waals surface area contributed by atoms with E-state index in [9.17, 15) is 14.4 Å². The van der Waals surface area contributed by atoms with Crippen molar-refractivity contribution in [2.75, 3.05) is 20.2 Å². The van der Waals surface area contributed by atoms with Gasteiger partial charge in [-0.3, -0.25) is 14.6 Å². The molecule has 52 heavy (non-hydrogen) atoms. The number of carbonyl (C=O) groups excluding carboxylic acids is 3. The van der Waals surface area contributed by atoms with E-state index in [2.05, 4.69) is 4.98 Å². The van der Waals surface area contributed by atoms with Crippen LogP contribution in [0.2, 0.25) is 10.0 Å². The molecule has 0 bridgehead atoms. The highest BCUT2D eigenvalue weighted by molar-refractivity contribution is 6.39. The molecule has 0 aliphatic carbocycles. The van der Waals surface area contributed by atoms with E-state index in [1.165, 1.54) is 7.11 Å². The molecule has 270 valence electrons. The number of pyridine rings is 2. The van der Waals surface area contributed by atoms with Gasteiger partial charge in [-0.25, -0.2) is 9.78 Å². The molecule has 4 heterocycles. The topological polar surface area (TPSA) is 107 Å². The first-order chi connectivity index (χ1) is 24.8. The molecule has 6 rings (SSSR count). The zero-order valence-corrected chi connectivity index (χ0v) is 31.6. The zero-order chi connectivity index (χ0) is 37.3. The lowest BCUT2D eigenvalue weighted by atomic mass is 9.99. The van der Waals surface area contributed by atoms with Gasteiger partial charge in [0.2, 0.25) is 5.91 Å². The van der Waals surface area contributed by atoms with Crippen LogP contribution < -0.4 is 4.74 Å². The van der Waals surface area contributed by atoms with Crippen LogP contribution in [0.1, 0.15) is 56.5 Å². The number of piperidine rings is 1. The van der Waals surface area contributed by atoms with Crippen molar-refractivity contribution in [1.82, 2.24) is 24.3 Å². The number of carbonyl (C=O) groups is 3. The first-order valence-electron chi connectivity index (χ1n) is 17.1. The van der Waals surface area contributed by atoms with Crippen LogP contribution in [0.4, 0.5) is 4.79 Å². The Hall–Kier alpha value is -4.93. The van der Waals surface area contributed by atoms with E-state index >= 15 is 0 Å². The average Bonchev–Trinajstić information content (AvgIpc) is 3.43. The number of amides is 2. The second-order valence-electron chi connectivity index (χ2n) is 13.9. The van der Waals surface area contributed by atoms with Crippen LogP contribution >= 0.6 is 23.2 Å². The van der Waals surface area contributed by atoms with Gasteiger partial charge in [0.05, 0.1) is 40.7 Å². The fourth-order valence-corrected chi connectivity index (χ4v) is 7.34. The summed E-state index contributed by atoms with van der Waals surface area (Å²) in [6.45, 7) is 8.67. The summed E-state index contributed by atoms with van der Waals surface area (Å²) >= 11 is 14.1. The lowest BCUT2D eigenvalue weighted by molar-refractivity contribution is -0.130. The van der Waals surface area contributed by atoms with Gasteiger partial charge in [-0.2, -0.15) is 0 Å². The van der Waals surface area contributed by atoms with Crippen molar-refractivity contribution >= 4 is 52.5 Å². The van der Waals surface area contributed by atoms with E-state index in [4.69, 9.17) is 37.7 Å². The van der Waals surface area contributed by atoms with Crippen LogP contribution in [0.15, 0.2) is 67.0 Å². The molecule has 12 heteroatoms. The van der Waals surface area contributed by atoms with Gasteiger partial charge in [0.15, 0.2) is 6.29 Å². The maximum absolute atomic E-state index is 13.6. The summed E-state index contributed by atoms with van der Waals surface area (Å²) in [5.41, 5.74) is 5.46. The maximum atomic E-state index is 13.6. The zero-order valence-electron chi connectivity index (χ0n) is 30.1. The van der Waals surface area contributed by atoms with Crippen molar-refractivity contribution in [1.29, 1.82) is 0 Å². The van der Waals surface area contributed by atoms with Crippen molar-refractivity contribution in [3.05, 3.63) is 88.2 Å². The SMILES string of the molecule is COc1cc(-c2nccc(-c3cccc(-c4ccc5c(CN(C(=O)OC(C)(C)C)C6CCN(C(C)=O)CC6)cn(C)c5n4)c3Cl)c2Cl)ccc1C=O. The molecule has 0 saturated carbocycles. The molecule has 10 nitrogen and oxygen atoms in total. The van der Waals surface area contributed by atoms with Gasteiger partial charge in [-0.05, 0) is 69.5 Å². The molecule has 1 saturated heterocycles. The van der Waals surface area contributed by atoms with Gasteiger partial charge in [0, 0.05) is 73.1 Å². The Morgan fingerprint density at radius 2 is 1.71 bits per heavy atom. The van der Waals surface area contributed by atoms with Crippen LogP contribution in [0.3, 0.4) is 0 Å². The minimum Gasteiger partial charge on any atom is -0.496 e. The number of hydrogen-bond donors (Lipinski definition) is 0. The van der Waals surface area contributed by atoms with Crippen LogP contribution in [0.5, 0.6) is 5.75 Å². The van der Waals surface area contributed by atoms with E-state index in [1.54, 1.807) is 36.2 Å². The molecule has 1 aliphatic rings. The quantitative estimate of drug-likeness (QED) is 0.146. The Kier molecular flexibility index (Phi) is 10.6. The van der Waals surface area contributed by atoms with Crippen LogP contribution in [-0.4, -0.2) is 74.5 Å². The first kappa shape index (κ1) is 36.8. The molecular weight excluding hydrogens is 701 g/mol. The normalized spacial score (nSPS) is 13.7. The largest absolute Gasteiger partial charge is 0.496 e. The van der Waals surface area contributed by atoms with E-state index in [0.29, 0.717) is 81.9 Å². The molecule has 1 aliphatic heterocycles. The molecule has 0 spiro atoms. The number of benzene rings is 2. The van der Waals surface area contributed by atoms with Gasteiger partial charge < -0.3 is 23.8 Å². The van der Waals surface area contributed by atoms with E-state index < -0.39 is 5.60 Å². The summed E-state index contributed by atoms with van der Waals surface area (Å²) in [6, 6.07) is 16.6. The number of rotatable bonds is 8. The molecule has 0 N–H and O–H groups in total. The average molecular weight is 743 g/mol. The number of hydrogen-bond acceptors (Lipinski definition) is 7. The van der Waals surface area contributed by atoms with E-state index in [1.807, 2.05) is 79.9 Å². The Balaban J connectivity index is 1.33. The van der Waals surface area contributed by atoms with Crippen molar-refractivity contribution in [2.45, 2.75) is 58.7 Å². The number of aldehydes is 1. The predicted octanol–water partition coefficient (Wildman–Crippen LogP) is 8.85. The molecule has 3 aromatic heterocycles. The standard InChI is InChI=1S/C40H41Cl2N5O5/c1-24(49)46-18-15-28(16-19-46)47(39(50)52-40(2,3)4)22-27-21-45(5)38-29(27)12-13-33(44-38)32-9-7-8-30(35(32)41)31-14-17-43-37(36(31)42)25-10-11-26(23-48)34(20-25)51-6/h7-14,17,20-21,23,28H,15-16,18-19,22H2,1-6H3. The van der Waals surface area contributed by atoms with Gasteiger partial charge in [0.1, 0.15) is 17.0 Å². The van der Waals surface area contributed by atoms with E-state index in [0.717, 1.165) is 28.4 Å². The van der Waals surface area contributed by atoms with Gasteiger partial charge in [-0.15, -0.1) is 0 Å². The molecule has 1 fully saturated rings. The molecule has 5 aromatic rings. The van der Waals surface area contributed by atoms with Gasteiger partial charge in [0.25, 0.3) is 0 Å². The maximum Gasteiger partial charge on any atom is 0.410 e. The molecule has 0 atom stereocenters. The van der Waals surface area contributed by atoms with Gasteiger partial charge in [-0.1, -0.05) is 47.5 Å². The fourth-order valence-electron chi connectivity index (χ4n) is 6.69.